The molecule has 0 radical (unpaired) electrons. The Morgan fingerprint density at radius 3 is 2.35 bits per heavy atom. The van der Waals surface area contributed by atoms with Crippen LogP contribution in [-0.4, -0.2) is 72.4 Å². The minimum absolute atomic E-state index is 0.0540. The van der Waals surface area contributed by atoms with Gasteiger partial charge < -0.3 is 14.4 Å². The number of aryl methyl sites for hydroxylation is 1. The van der Waals surface area contributed by atoms with E-state index in [1.165, 1.54) is 5.56 Å². The van der Waals surface area contributed by atoms with E-state index in [1.807, 2.05) is 43.0 Å². The highest BCUT2D eigenvalue weighted by Crippen LogP contribution is 2.24. The molecule has 0 bridgehead atoms. The topological polar surface area (TPSA) is 62.6 Å². The van der Waals surface area contributed by atoms with E-state index in [2.05, 4.69) is 35.4 Å². The summed E-state index contributed by atoms with van der Waals surface area (Å²) in [6, 6.07) is 11.9. The Balaban J connectivity index is 1.87. The van der Waals surface area contributed by atoms with Gasteiger partial charge in [0.2, 0.25) is 0 Å². The van der Waals surface area contributed by atoms with Gasteiger partial charge >= 0.3 is 0 Å². The first-order valence-corrected chi connectivity index (χ1v) is 13.0. The van der Waals surface area contributed by atoms with Gasteiger partial charge in [0.25, 0.3) is 5.91 Å². The third-order valence-electron chi connectivity index (χ3n) is 6.45. The fourth-order valence-electron chi connectivity index (χ4n) is 4.44. The van der Waals surface area contributed by atoms with E-state index in [4.69, 9.17) is 0 Å². The van der Waals surface area contributed by atoms with E-state index in [1.54, 1.807) is 0 Å². The van der Waals surface area contributed by atoms with Crippen molar-refractivity contribution in [2.75, 3.05) is 37.7 Å². The van der Waals surface area contributed by atoms with Crippen LogP contribution in [0.3, 0.4) is 0 Å². The Kier molecular flexibility index (Phi) is 7.59. The number of hydrogen-bond acceptors (Lipinski definition) is 4. The smallest absolute Gasteiger partial charge is 0.256 e. The number of carbonyl (C=O) groups is 1. The summed E-state index contributed by atoms with van der Waals surface area (Å²) in [5.74, 6) is 0.182. The lowest BCUT2D eigenvalue weighted by atomic mass is 10.1. The average molecular weight is 446 g/mol. The van der Waals surface area contributed by atoms with Crippen molar-refractivity contribution in [3.8, 4) is 0 Å². The molecule has 31 heavy (non-hydrogen) atoms. The molecule has 0 saturated carbocycles. The number of sulfone groups is 1. The fourth-order valence-corrected chi connectivity index (χ4v) is 6.17. The Hall–Kier alpha value is -2.12. The molecule has 1 aromatic heterocycles. The molecule has 1 amide bonds. The lowest BCUT2D eigenvalue weighted by Gasteiger charge is -2.31. The number of aromatic nitrogens is 1. The summed E-state index contributed by atoms with van der Waals surface area (Å²) in [5.41, 5.74) is 3.83. The molecule has 3 rings (SSSR count). The molecule has 1 aromatic carbocycles. The van der Waals surface area contributed by atoms with E-state index >= 15 is 0 Å². The van der Waals surface area contributed by atoms with Gasteiger partial charge in [0, 0.05) is 37.1 Å². The SMILES string of the molecule is CCN(CC)CCN(C(=O)c1cc(C)n(Cc2ccccc2)c1C)C1CCS(=O)(=O)C1. The Morgan fingerprint density at radius 1 is 1.10 bits per heavy atom. The van der Waals surface area contributed by atoms with E-state index in [0.717, 1.165) is 31.0 Å². The lowest BCUT2D eigenvalue weighted by molar-refractivity contribution is 0.0673. The predicted octanol–water partition coefficient (Wildman–Crippen LogP) is 3.12. The van der Waals surface area contributed by atoms with E-state index in [9.17, 15) is 13.2 Å². The van der Waals surface area contributed by atoms with Crippen molar-refractivity contribution in [3.63, 3.8) is 0 Å². The number of nitrogens with zero attached hydrogens (tertiary/aromatic N) is 3. The van der Waals surface area contributed by atoms with Crippen LogP contribution in [-0.2, 0) is 16.4 Å². The minimum atomic E-state index is -3.07. The van der Waals surface area contributed by atoms with Crippen molar-refractivity contribution in [2.24, 2.45) is 0 Å². The van der Waals surface area contributed by atoms with Gasteiger partial charge in [-0.1, -0.05) is 44.2 Å². The number of rotatable bonds is 9. The van der Waals surface area contributed by atoms with Crippen LogP contribution in [0.4, 0.5) is 0 Å². The number of amides is 1. The largest absolute Gasteiger partial charge is 0.344 e. The first-order valence-electron chi connectivity index (χ1n) is 11.2. The monoisotopic (exact) mass is 445 g/mol. The molecular formula is C24H35N3O3S. The maximum absolute atomic E-state index is 13.7. The van der Waals surface area contributed by atoms with Crippen LogP contribution in [0.1, 0.15) is 47.6 Å². The molecule has 2 heterocycles. The molecule has 7 heteroatoms. The maximum Gasteiger partial charge on any atom is 0.256 e. The van der Waals surface area contributed by atoms with Gasteiger partial charge in [0.15, 0.2) is 9.84 Å². The minimum Gasteiger partial charge on any atom is -0.344 e. The van der Waals surface area contributed by atoms with Gasteiger partial charge in [-0.2, -0.15) is 0 Å². The van der Waals surface area contributed by atoms with Crippen molar-refractivity contribution in [1.29, 1.82) is 0 Å². The van der Waals surface area contributed by atoms with E-state index < -0.39 is 9.84 Å². The zero-order valence-electron chi connectivity index (χ0n) is 19.2. The highest BCUT2D eigenvalue weighted by Gasteiger charge is 2.36. The van der Waals surface area contributed by atoms with Crippen LogP contribution in [0.15, 0.2) is 36.4 Å². The van der Waals surface area contributed by atoms with Gasteiger partial charge in [-0.15, -0.1) is 0 Å². The molecule has 0 aliphatic carbocycles. The Morgan fingerprint density at radius 2 is 1.77 bits per heavy atom. The van der Waals surface area contributed by atoms with E-state index in [-0.39, 0.29) is 23.5 Å². The first-order chi connectivity index (χ1) is 14.8. The van der Waals surface area contributed by atoms with Crippen LogP contribution in [0.25, 0.3) is 0 Å². The number of hydrogen-bond donors (Lipinski definition) is 0. The van der Waals surface area contributed by atoms with Gasteiger partial charge in [0.1, 0.15) is 0 Å². The quantitative estimate of drug-likeness (QED) is 0.595. The molecule has 1 saturated heterocycles. The van der Waals surface area contributed by atoms with Crippen molar-refractivity contribution in [3.05, 3.63) is 58.9 Å². The first kappa shape index (κ1) is 23.5. The van der Waals surface area contributed by atoms with Crippen LogP contribution < -0.4 is 0 Å². The van der Waals surface area contributed by atoms with Crippen LogP contribution >= 0.6 is 0 Å². The summed E-state index contributed by atoms with van der Waals surface area (Å²) in [6.45, 7) is 12.0. The molecule has 170 valence electrons. The zero-order chi connectivity index (χ0) is 22.6. The second kappa shape index (κ2) is 10.0. The molecule has 1 atom stereocenters. The number of carbonyl (C=O) groups excluding carboxylic acids is 1. The molecule has 1 aliphatic rings. The van der Waals surface area contributed by atoms with Gasteiger partial charge in [0.05, 0.1) is 17.1 Å². The third-order valence-corrected chi connectivity index (χ3v) is 8.20. The molecule has 6 nitrogen and oxygen atoms in total. The standard InChI is InChI=1S/C24H35N3O3S/c1-5-25(6-2)13-14-26(22-12-15-31(29,30)18-22)24(28)23-16-19(3)27(20(23)4)17-21-10-8-7-9-11-21/h7-11,16,22H,5-6,12-15,17-18H2,1-4H3. The Bertz CT molecular complexity index is 995. The number of benzene rings is 1. The fraction of sp³-hybridized carbons (Fsp3) is 0.542. The molecule has 1 unspecified atom stereocenters. The summed E-state index contributed by atoms with van der Waals surface area (Å²) in [5, 5.41) is 0. The van der Waals surface area contributed by atoms with Crippen LogP contribution in [0, 0.1) is 13.8 Å². The molecule has 1 aliphatic heterocycles. The van der Waals surface area contributed by atoms with Gasteiger partial charge in [-0.3, -0.25) is 4.79 Å². The summed E-state index contributed by atoms with van der Waals surface area (Å²) in [4.78, 5) is 17.8. The predicted molar refractivity (Wildman–Crippen MR) is 125 cm³/mol. The second-order valence-electron chi connectivity index (χ2n) is 8.44. The number of likely N-dealkylation sites (N-methyl/N-ethyl adjacent to an activating group) is 1. The van der Waals surface area contributed by atoms with Crippen LogP contribution in [0.5, 0.6) is 0 Å². The summed E-state index contributed by atoms with van der Waals surface area (Å²) >= 11 is 0. The summed E-state index contributed by atoms with van der Waals surface area (Å²) < 4.78 is 26.4. The molecule has 0 N–H and O–H groups in total. The van der Waals surface area contributed by atoms with Crippen molar-refractivity contribution in [1.82, 2.24) is 14.4 Å². The van der Waals surface area contributed by atoms with Gasteiger partial charge in [-0.05, 0) is 45.0 Å². The van der Waals surface area contributed by atoms with Crippen molar-refractivity contribution < 1.29 is 13.2 Å². The lowest BCUT2D eigenvalue weighted by Crippen LogP contribution is -2.45. The molecule has 1 fully saturated rings. The molecule has 0 spiro atoms. The average Bonchev–Trinajstić information content (AvgIpc) is 3.25. The van der Waals surface area contributed by atoms with Crippen LogP contribution in [0.2, 0.25) is 0 Å². The highest BCUT2D eigenvalue weighted by atomic mass is 32.2. The Labute approximate surface area is 186 Å². The molecule has 2 aromatic rings. The second-order valence-corrected chi connectivity index (χ2v) is 10.7. The molecular weight excluding hydrogens is 410 g/mol. The zero-order valence-corrected chi connectivity index (χ0v) is 20.0. The van der Waals surface area contributed by atoms with Crippen molar-refractivity contribution in [2.45, 2.75) is 46.7 Å². The highest BCUT2D eigenvalue weighted by molar-refractivity contribution is 7.91. The summed E-state index contributed by atoms with van der Waals surface area (Å²) in [6.07, 6.45) is 0.523. The van der Waals surface area contributed by atoms with E-state index in [0.29, 0.717) is 25.1 Å². The van der Waals surface area contributed by atoms with Crippen molar-refractivity contribution >= 4 is 15.7 Å². The van der Waals surface area contributed by atoms with Gasteiger partial charge in [-0.25, -0.2) is 8.42 Å². The third kappa shape index (κ3) is 5.57. The maximum atomic E-state index is 13.7. The normalized spacial score (nSPS) is 17.9. The summed E-state index contributed by atoms with van der Waals surface area (Å²) in [7, 11) is -3.07.